The molecule has 3 nitrogen and oxygen atoms in total. The summed E-state index contributed by atoms with van der Waals surface area (Å²) in [5.74, 6) is -2.56. The lowest BCUT2D eigenvalue weighted by Gasteiger charge is -2.08. The highest BCUT2D eigenvalue weighted by Gasteiger charge is 2.09. The van der Waals surface area contributed by atoms with Crippen molar-refractivity contribution in [2.24, 2.45) is 0 Å². The van der Waals surface area contributed by atoms with Crippen molar-refractivity contribution < 1.29 is 23.0 Å². The van der Waals surface area contributed by atoms with Crippen LogP contribution in [-0.2, 0) is 11.3 Å². The summed E-state index contributed by atoms with van der Waals surface area (Å²) in [5, 5.41) is 0. The number of hydrogen-bond donors (Lipinski definition) is 0. The molecule has 104 valence electrons. The molecule has 0 radical (unpaired) electrons. The van der Waals surface area contributed by atoms with E-state index in [1.807, 2.05) is 0 Å². The Morgan fingerprint density at radius 2 is 1.80 bits per heavy atom. The first-order valence-electron chi connectivity index (χ1n) is 5.86. The van der Waals surface area contributed by atoms with Gasteiger partial charge in [-0.25, -0.2) is 9.18 Å². The van der Waals surface area contributed by atoms with E-state index in [2.05, 4.69) is 4.74 Å². The van der Waals surface area contributed by atoms with Crippen LogP contribution in [0.25, 0.3) is 0 Å². The summed E-state index contributed by atoms with van der Waals surface area (Å²) in [4.78, 5) is 11.2. The number of carbonyl (C=O) groups excluding carboxylic acids is 1. The number of esters is 1. The minimum atomic E-state index is -1.02. The maximum absolute atomic E-state index is 13.4. The SMILES string of the molecule is COC(=O)c1ccc(COc2cccc(F)c2F)cc1. The van der Waals surface area contributed by atoms with Crippen molar-refractivity contribution in [1.29, 1.82) is 0 Å². The fraction of sp³-hybridized carbons (Fsp3) is 0.133. The van der Waals surface area contributed by atoms with E-state index in [9.17, 15) is 13.6 Å². The van der Waals surface area contributed by atoms with Gasteiger partial charge in [-0.15, -0.1) is 0 Å². The zero-order chi connectivity index (χ0) is 14.5. The molecule has 2 aromatic rings. The molecule has 0 fully saturated rings. The molecule has 0 amide bonds. The second kappa shape index (κ2) is 6.14. The lowest BCUT2D eigenvalue weighted by molar-refractivity contribution is 0.0600. The Kier molecular flexibility index (Phi) is 4.30. The van der Waals surface area contributed by atoms with E-state index in [0.717, 1.165) is 11.6 Å². The molecule has 0 saturated carbocycles. The molecule has 0 aliphatic carbocycles. The van der Waals surface area contributed by atoms with Gasteiger partial charge in [0, 0.05) is 0 Å². The smallest absolute Gasteiger partial charge is 0.337 e. The van der Waals surface area contributed by atoms with E-state index in [1.54, 1.807) is 24.3 Å². The zero-order valence-corrected chi connectivity index (χ0v) is 10.7. The van der Waals surface area contributed by atoms with Crippen LogP contribution in [0.5, 0.6) is 5.75 Å². The topological polar surface area (TPSA) is 35.5 Å². The first kappa shape index (κ1) is 14.0. The van der Waals surface area contributed by atoms with Gasteiger partial charge in [-0.05, 0) is 29.8 Å². The highest BCUT2D eigenvalue weighted by molar-refractivity contribution is 5.89. The average Bonchev–Trinajstić information content (AvgIpc) is 2.48. The van der Waals surface area contributed by atoms with Gasteiger partial charge in [-0.3, -0.25) is 0 Å². The summed E-state index contributed by atoms with van der Waals surface area (Å²) in [5.41, 5.74) is 1.13. The molecule has 0 heterocycles. The van der Waals surface area contributed by atoms with Crippen molar-refractivity contribution in [2.45, 2.75) is 6.61 Å². The van der Waals surface area contributed by atoms with Crippen molar-refractivity contribution in [2.75, 3.05) is 7.11 Å². The third-order valence-corrected chi connectivity index (χ3v) is 2.69. The Hall–Kier alpha value is -2.43. The van der Waals surface area contributed by atoms with Crippen molar-refractivity contribution in [3.63, 3.8) is 0 Å². The van der Waals surface area contributed by atoms with Gasteiger partial charge in [-0.1, -0.05) is 18.2 Å². The van der Waals surface area contributed by atoms with Crippen molar-refractivity contribution in [3.8, 4) is 5.75 Å². The largest absolute Gasteiger partial charge is 0.486 e. The first-order valence-corrected chi connectivity index (χ1v) is 5.86. The van der Waals surface area contributed by atoms with Crippen LogP contribution in [0.2, 0.25) is 0 Å². The number of carbonyl (C=O) groups is 1. The Bertz CT molecular complexity index is 609. The maximum atomic E-state index is 13.4. The molecular formula is C15H12F2O3. The Morgan fingerprint density at radius 3 is 2.45 bits per heavy atom. The molecule has 0 spiro atoms. The van der Waals surface area contributed by atoms with Crippen LogP contribution in [0, 0.1) is 11.6 Å². The number of halogens is 2. The van der Waals surface area contributed by atoms with Gasteiger partial charge in [-0.2, -0.15) is 4.39 Å². The summed E-state index contributed by atoms with van der Waals surface area (Å²) in [6.07, 6.45) is 0. The van der Waals surface area contributed by atoms with Crippen LogP contribution in [-0.4, -0.2) is 13.1 Å². The number of rotatable bonds is 4. The zero-order valence-electron chi connectivity index (χ0n) is 10.7. The summed E-state index contributed by atoms with van der Waals surface area (Å²) >= 11 is 0. The van der Waals surface area contributed by atoms with Gasteiger partial charge in [0.15, 0.2) is 11.6 Å². The van der Waals surface area contributed by atoms with Gasteiger partial charge in [0.1, 0.15) is 6.61 Å². The Labute approximate surface area is 114 Å². The monoisotopic (exact) mass is 278 g/mol. The van der Waals surface area contributed by atoms with Crippen molar-refractivity contribution >= 4 is 5.97 Å². The molecule has 20 heavy (non-hydrogen) atoms. The molecule has 0 bridgehead atoms. The van der Waals surface area contributed by atoms with E-state index in [1.165, 1.54) is 19.2 Å². The standard InChI is InChI=1S/C15H12F2O3/c1-19-15(18)11-7-5-10(6-8-11)9-20-13-4-2-3-12(16)14(13)17/h2-8H,9H2,1H3. The molecule has 0 aliphatic heterocycles. The fourth-order valence-electron chi connectivity index (χ4n) is 1.61. The highest BCUT2D eigenvalue weighted by Crippen LogP contribution is 2.20. The summed E-state index contributed by atoms with van der Waals surface area (Å²) in [7, 11) is 1.30. The van der Waals surface area contributed by atoms with Crippen molar-refractivity contribution in [3.05, 3.63) is 65.2 Å². The van der Waals surface area contributed by atoms with E-state index in [4.69, 9.17) is 4.74 Å². The first-order chi connectivity index (χ1) is 9.61. The maximum Gasteiger partial charge on any atom is 0.337 e. The minimum absolute atomic E-state index is 0.0713. The molecule has 0 aliphatic rings. The molecule has 0 N–H and O–H groups in total. The van der Waals surface area contributed by atoms with Crippen LogP contribution >= 0.6 is 0 Å². The van der Waals surface area contributed by atoms with E-state index in [0.29, 0.717) is 5.56 Å². The fourth-order valence-corrected chi connectivity index (χ4v) is 1.61. The van der Waals surface area contributed by atoms with Crippen LogP contribution < -0.4 is 4.74 Å². The third kappa shape index (κ3) is 3.12. The Balaban J connectivity index is 2.04. The van der Waals surface area contributed by atoms with Gasteiger partial charge in [0.2, 0.25) is 5.82 Å². The summed E-state index contributed by atoms with van der Waals surface area (Å²) in [6, 6.07) is 10.2. The van der Waals surface area contributed by atoms with Gasteiger partial charge in [0.25, 0.3) is 0 Å². The molecular weight excluding hydrogens is 266 g/mol. The molecule has 2 rings (SSSR count). The second-order valence-electron chi connectivity index (χ2n) is 4.03. The lowest BCUT2D eigenvalue weighted by atomic mass is 10.1. The third-order valence-electron chi connectivity index (χ3n) is 2.69. The number of methoxy groups -OCH3 is 1. The van der Waals surface area contributed by atoms with E-state index in [-0.39, 0.29) is 12.4 Å². The lowest BCUT2D eigenvalue weighted by Crippen LogP contribution is -2.02. The number of benzene rings is 2. The van der Waals surface area contributed by atoms with Crippen LogP contribution in [0.4, 0.5) is 8.78 Å². The Morgan fingerprint density at radius 1 is 1.10 bits per heavy atom. The number of hydrogen-bond acceptors (Lipinski definition) is 3. The molecule has 0 aromatic heterocycles. The molecule has 0 unspecified atom stereocenters. The van der Waals surface area contributed by atoms with Gasteiger partial charge < -0.3 is 9.47 Å². The molecule has 5 heteroatoms. The molecule has 0 saturated heterocycles. The van der Waals surface area contributed by atoms with E-state index >= 15 is 0 Å². The normalized spacial score (nSPS) is 10.2. The van der Waals surface area contributed by atoms with Crippen LogP contribution in [0.1, 0.15) is 15.9 Å². The van der Waals surface area contributed by atoms with Gasteiger partial charge >= 0.3 is 5.97 Å². The minimum Gasteiger partial charge on any atom is -0.486 e. The summed E-state index contributed by atoms with van der Waals surface area (Å²) in [6.45, 7) is 0.0713. The summed E-state index contributed by atoms with van der Waals surface area (Å²) < 4.78 is 36.1. The average molecular weight is 278 g/mol. The molecule has 2 aromatic carbocycles. The molecule has 0 atom stereocenters. The number of ether oxygens (including phenoxy) is 2. The van der Waals surface area contributed by atoms with Crippen LogP contribution in [0.3, 0.4) is 0 Å². The van der Waals surface area contributed by atoms with E-state index < -0.39 is 17.6 Å². The quantitative estimate of drug-likeness (QED) is 0.805. The predicted octanol–water partition coefficient (Wildman–Crippen LogP) is 3.33. The second-order valence-corrected chi connectivity index (χ2v) is 4.03. The predicted molar refractivity (Wildman–Crippen MR) is 68.5 cm³/mol. The highest BCUT2D eigenvalue weighted by atomic mass is 19.2. The van der Waals surface area contributed by atoms with Gasteiger partial charge in [0.05, 0.1) is 12.7 Å². The van der Waals surface area contributed by atoms with Crippen molar-refractivity contribution in [1.82, 2.24) is 0 Å². The van der Waals surface area contributed by atoms with Crippen LogP contribution in [0.15, 0.2) is 42.5 Å².